The van der Waals surface area contributed by atoms with Crippen LogP contribution >= 0.6 is 23.5 Å². The Morgan fingerprint density at radius 3 is 2.41 bits per heavy atom. The molecule has 1 saturated heterocycles. The summed E-state index contributed by atoms with van der Waals surface area (Å²) >= 11 is 0. The van der Waals surface area contributed by atoms with E-state index in [1.54, 1.807) is 22.7 Å². The quantitative estimate of drug-likeness (QED) is 0.0370. The molecule has 2 aromatic heterocycles. The van der Waals surface area contributed by atoms with Crippen LogP contribution in [-0.4, -0.2) is 103 Å². The Labute approximate surface area is 463 Å². The van der Waals surface area contributed by atoms with Crippen LogP contribution in [0.4, 0.5) is 11.5 Å². The van der Waals surface area contributed by atoms with Crippen LogP contribution < -0.4 is 40.7 Å². The van der Waals surface area contributed by atoms with Crippen molar-refractivity contribution in [1.29, 1.82) is 0 Å². The molecule has 22 nitrogen and oxygen atoms in total. The summed E-state index contributed by atoms with van der Waals surface area (Å²) < 4.78 is 64.0. The lowest BCUT2D eigenvalue weighted by atomic mass is 9.83. The Balaban J connectivity index is 0.891. The number of carbonyl (C=O) groups is 2. The number of amides is 2. The molecule has 25 heteroatoms. The Morgan fingerprint density at radius 2 is 1.69 bits per heavy atom. The second kappa shape index (κ2) is 22.2. The Kier molecular flexibility index (Phi) is 16.2. The number of nitrogens with zero attached hydrogens (tertiary/aromatic N) is 6. The Bertz CT molecular complexity index is 3780. The van der Waals surface area contributed by atoms with Crippen molar-refractivity contribution in [2.24, 2.45) is 0 Å². The fraction of sp³-hybridized carbons (Fsp3) is 0.400. The highest BCUT2D eigenvalue weighted by molar-refractivity contribution is 7.66. The highest BCUT2D eigenvalue weighted by Gasteiger charge is 2.41. The van der Waals surface area contributed by atoms with Crippen LogP contribution in [0.1, 0.15) is 125 Å². The van der Waals surface area contributed by atoms with E-state index in [0.717, 1.165) is 68.3 Å². The first-order chi connectivity index (χ1) is 37.6. The summed E-state index contributed by atoms with van der Waals surface area (Å²) in [6, 6.07) is 16.4. The van der Waals surface area contributed by atoms with Crippen molar-refractivity contribution in [3.05, 3.63) is 117 Å². The predicted octanol–water partition coefficient (Wildman–Crippen LogP) is 6.50. The average molecular weight is 1160 g/mol. The highest BCUT2D eigenvalue weighted by Crippen LogP contribution is 2.65. The zero-order valence-electron chi connectivity index (χ0n) is 45.9. The number of anilines is 2. The lowest BCUT2D eigenvalue weighted by molar-refractivity contribution is -0.212. The van der Waals surface area contributed by atoms with Gasteiger partial charge in [-0.05, 0) is 102 Å². The normalized spacial score (nSPS) is 20.0. The maximum atomic E-state index is 14.7. The van der Waals surface area contributed by atoms with E-state index in [1.807, 2.05) is 24.3 Å². The van der Waals surface area contributed by atoms with Crippen molar-refractivity contribution < 1.29 is 65.5 Å². The molecule has 0 spiro atoms. The van der Waals surface area contributed by atoms with E-state index in [4.69, 9.17) is 24.6 Å². The predicted molar refractivity (Wildman–Crippen MR) is 299 cm³/mol. The number of allylic oxidation sites excluding steroid dienone is 2. The molecule has 0 bridgehead atoms. The third kappa shape index (κ3) is 12.0. The number of hydrogen-bond acceptors (Lipinski definition) is 15. The lowest BCUT2D eigenvalue weighted by Gasteiger charge is -2.43. The van der Waals surface area contributed by atoms with Gasteiger partial charge < -0.3 is 54.5 Å². The van der Waals surface area contributed by atoms with Gasteiger partial charge in [0.2, 0.25) is 11.3 Å². The molecule has 1 fully saturated rings. The first-order valence-corrected chi connectivity index (χ1v) is 30.6. The molecule has 0 saturated carbocycles. The molecule has 0 aliphatic carbocycles. The number of phosphoric ester groups is 1. The lowest BCUT2D eigenvalue weighted by Crippen LogP contribution is -2.49. The average Bonchev–Trinajstić information content (AvgIpc) is 4.07. The second-order valence-corrected chi connectivity index (χ2v) is 25.6. The van der Waals surface area contributed by atoms with Crippen LogP contribution in [-0.2, 0) is 36.4 Å². The van der Waals surface area contributed by atoms with Crippen LogP contribution in [0.5, 0.6) is 11.5 Å². The number of hydrogen-bond donors (Lipinski definition) is 5. The van der Waals surface area contributed by atoms with E-state index in [0.29, 0.717) is 46.5 Å². The summed E-state index contributed by atoms with van der Waals surface area (Å²) in [6.45, 7) is 18.7. The number of benzene rings is 3. The standard InChI is InChI=1S/C55H65N8O14P3/c1-10-62-43-26-45-41(24-39(43)33(3)28-54(62,5)6)50(42-25-40-34(4)29-55(7,8)63(11-2)44(40)27-46(42)75-45)37-17-12-13-18-38(37)53(65)60(9)23-15-19-47(64)57-22-14-16-35-30-61(52-49(35)51(56)58-32-59-52)48-21-20-36(74-48)31-73-79(69,70)77-80(71,72)76-78(66,67)68/h12-13,17-18,24-30,32,36,48H,10-11,15,19-23,31H2,1-9H3,(H6-,56,57,58,59,64,66,67,68,69,70,71,72)/t36-,48+/m0/s1. The SMILES string of the molecule is CCN1c2cc3c(cc2C(C)=CC1(C)C)C(c1ccccc1C(=O)N(C)CCCC(=O)NCC#Cc1cn([C@H]2CC[C@@H](COP(=O)(O)OP(=O)(O)OP(=O)([O-])O)O2)c2ncnc(N)c12)=c1cc2c(cc1O3)=[N+](CC)C(C)(C)C=C2C. The molecular formula is C55H65N8O14P3. The van der Waals surface area contributed by atoms with E-state index < -0.39 is 42.4 Å². The van der Waals surface area contributed by atoms with Crippen LogP contribution in [0.3, 0.4) is 0 Å². The van der Waals surface area contributed by atoms with E-state index in [2.05, 4.69) is 137 Å². The molecule has 3 unspecified atom stereocenters. The number of ether oxygens (including phenoxy) is 2. The smallest absolute Gasteiger partial charge is 0.487 e. The third-order valence-corrected chi connectivity index (χ3v) is 18.5. The molecule has 5 aromatic rings. The van der Waals surface area contributed by atoms with Gasteiger partial charge in [-0.15, -0.1) is 0 Å². The van der Waals surface area contributed by atoms with Crippen molar-refractivity contribution in [1.82, 2.24) is 29.3 Å². The van der Waals surface area contributed by atoms with E-state index >= 15 is 0 Å². The zero-order chi connectivity index (χ0) is 57.9. The largest absolute Gasteiger partial charge is 0.756 e. The highest BCUT2D eigenvalue weighted by atomic mass is 31.3. The minimum Gasteiger partial charge on any atom is -0.756 e. The van der Waals surface area contributed by atoms with Gasteiger partial charge in [0.1, 0.15) is 42.1 Å². The molecule has 80 heavy (non-hydrogen) atoms. The number of aromatic nitrogens is 3. The summed E-state index contributed by atoms with van der Waals surface area (Å²) in [5, 5.41) is 5.22. The van der Waals surface area contributed by atoms with Crippen molar-refractivity contribution in [3.8, 4) is 23.3 Å². The summed E-state index contributed by atoms with van der Waals surface area (Å²) in [6.07, 6.45) is 7.02. The van der Waals surface area contributed by atoms with Crippen LogP contribution in [0, 0.1) is 11.8 Å². The number of nitrogens with one attached hydrogen (secondary N) is 1. The van der Waals surface area contributed by atoms with Crippen molar-refractivity contribution >= 4 is 74.5 Å². The monoisotopic (exact) mass is 1150 g/mol. The topological polar surface area (TPSA) is 293 Å². The zero-order valence-corrected chi connectivity index (χ0v) is 48.6. The molecule has 5 atom stereocenters. The molecule has 4 aliphatic heterocycles. The van der Waals surface area contributed by atoms with E-state index in [-0.39, 0.29) is 54.6 Å². The van der Waals surface area contributed by atoms with Crippen LogP contribution in [0.25, 0.3) is 27.8 Å². The second-order valence-electron chi connectivity index (χ2n) is 21.2. The summed E-state index contributed by atoms with van der Waals surface area (Å²) in [4.78, 5) is 79.2. The van der Waals surface area contributed by atoms with Gasteiger partial charge in [-0.1, -0.05) is 36.1 Å². The van der Waals surface area contributed by atoms with Crippen molar-refractivity contribution in [2.45, 2.75) is 104 Å². The van der Waals surface area contributed by atoms with Gasteiger partial charge in [0, 0.05) is 91.4 Å². The van der Waals surface area contributed by atoms with Gasteiger partial charge in [-0.25, -0.2) is 28.0 Å². The number of nitrogen functional groups attached to an aromatic ring is 1. The van der Waals surface area contributed by atoms with Gasteiger partial charge in [-0.2, -0.15) is 4.31 Å². The number of nitrogens with two attached hydrogens (primary N) is 1. The third-order valence-electron chi connectivity index (χ3n) is 14.7. The van der Waals surface area contributed by atoms with Crippen molar-refractivity contribution in [2.75, 3.05) is 50.5 Å². The van der Waals surface area contributed by atoms with Crippen molar-refractivity contribution in [3.63, 3.8) is 0 Å². The number of rotatable bonds is 17. The number of carbonyl (C=O) groups excluding carboxylic acids is 2. The minimum absolute atomic E-state index is 0.0227. The molecule has 2 amide bonds. The number of likely N-dealkylation sites (N-methyl/N-ethyl adjacent to an activating group) is 2. The maximum absolute atomic E-state index is 14.7. The van der Waals surface area contributed by atoms with Gasteiger partial charge in [0.05, 0.1) is 41.8 Å². The molecular weight excluding hydrogens is 1090 g/mol. The molecule has 0 radical (unpaired) electrons. The number of fused-ring (bicyclic) bond motifs is 5. The summed E-state index contributed by atoms with van der Waals surface area (Å²) in [5.74, 6) is 7.05. The van der Waals surface area contributed by atoms with Gasteiger partial charge in [-0.3, -0.25) is 18.7 Å². The molecule has 3 aromatic carbocycles. The molecule has 6 N–H and O–H groups in total. The van der Waals surface area contributed by atoms with Crippen LogP contribution in [0.2, 0.25) is 0 Å². The number of phosphoric acid groups is 3. The van der Waals surface area contributed by atoms with E-state index in [1.165, 1.54) is 6.33 Å². The molecule has 424 valence electrons. The summed E-state index contributed by atoms with van der Waals surface area (Å²) in [5.41, 5.74) is 15.3. The Hall–Kier alpha value is -6.30. The van der Waals surface area contributed by atoms with Gasteiger partial charge >= 0.3 is 15.6 Å². The Morgan fingerprint density at radius 1 is 0.950 bits per heavy atom. The fourth-order valence-electron chi connectivity index (χ4n) is 11.4. The summed E-state index contributed by atoms with van der Waals surface area (Å²) in [7, 11) is -15.2. The molecule has 9 rings (SSSR count). The van der Waals surface area contributed by atoms with Gasteiger partial charge in [0.25, 0.3) is 13.7 Å². The fourth-order valence-corrected chi connectivity index (χ4v) is 14.4. The maximum Gasteiger partial charge on any atom is 0.487 e. The van der Waals surface area contributed by atoms with Crippen LogP contribution in [0.15, 0.2) is 73.2 Å². The molecule has 4 aliphatic rings. The minimum atomic E-state index is -5.81. The molecule has 6 heterocycles. The van der Waals surface area contributed by atoms with E-state index in [9.17, 15) is 38.0 Å². The first-order valence-electron chi connectivity index (χ1n) is 26.1. The first kappa shape index (κ1) is 58.4. The van der Waals surface area contributed by atoms with Gasteiger partial charge in [0.15, 0.2) is 5.54 Å².